The van der Waals surface area contributed by atoms with Crippen LogP contribution in [0, 0.1) is 5.92 Å². The van der Waals surface area contributed by atoms with Crippen LogP contribution in [0.4, 0.5) is 4.79 Å². The molecular weight excluding hydrogens is 312 g/mol. The zero-order valence-corrected chi connectivity index (χ0v) is 14.9. The van der Waals surface area contributed by atoms with Crippen LogP contribution >= 0.6 is 0 Å². The first kappa shape index (κ1) is 18.5. The Kier molecular flexibility index (Phi) is 5.40. The summed E-state index contributed by atoms with van der Waals surface area (Å²) in [7, 11) is 0. The third kappa shape index (κ3) is 4.19. The van der Waals surface area contributed by atoms with Gasteiger partial charge >= 0.3 is 12.1 Å². The Morgan fingerprint density at radius 3 is 2.46 bits per heavy atom. The summed E-state index contributed by atoms with van der Waals surface area (Å²) in [5, 5.41) is 12.1. The van der Waals surface area contributed by atoms with Crippen LogP contribution < -0.4 is 5.32 Å². The largest absolute Gasteiger partial charge is 0.480 e. The molecule has 2 rings (SSSR count). The lowest BCUT2D eigenvalue weighted by Crippen LogP contribution is -2.56. The smallest absolute Gasteiger partial charge is 0.408 e. The van der Waals surface area contributed by atoms with Crippen LogP contribution in [-0.2, 0) is 14.3 Å². The van der Waals surface area contributed by atoms with Crippen molar-refractivity contribution in [3.05, 3.63) is 0 Å². The quantitative estimate of drug-likeness (QED) is 0.803. The van der Waals surface area contributed by atoms with Gasteiger partial charge in [-0.1, -0.05) is 13.3 Å². The molecule has 24 heavy (non-hydrogen) atoms. The summed E-state index contributed by atoms with van der Waals surface area (Å²) in [5.41, 5.74) is -0.650. The van der Waals surface area contributed by atoms with Gasteiger partial charge in [0.15, 0.2) is 0 Å². The molecule has 1 unspecified atom stereocenters. The molecule has 2 N–H and O–H groups in total. The van der Waals surface area contributed by atoms with Gasteiger partial charge in [0.1, 0.15) is 17.7 Å². The number of carboxylic acids is 1. The van der Waals surface area contributed by atoms with Gasteiger partial charge in [-0.25, -0.2) is 9.59 Å². The number of alkyl carbamates (subject to hydrolysis) is 1. The molecule has 0 radical (unpaired) electrons. The number of nitrogens with zero attached hydrogens (tertiary/aromatic N) is 1. The third-order valence-corrected chi connectivity index (χ3v) is 4.77. The Morgan fingerprint density at radius 1 is 1.21 bits per heavy atom. The highest BCUT2D eigenvalue weighted by Gasteiger charge is 2.46. The topological polar surface area (TPSA) is 95.9 Å². The van der Waals surface area contributed by atoms with Crippen molar-refractivity contribution in [3.8, 4) is 0 Å². The van der Waals surface area contributed by atoms with E-state index in [9.17, 15) is 19.5 Å². The molecular formula is C17H28N2O5. The normalized spacial score (nSPS) is 31.0. The molecule has 2 aliphatic heterocycles. The fourth-order valence-electron chi connectivity index (χ4n) is 3.68. The van der Waals surface area contributed by atoms with E-state index >= 15 is 0 Å². The SMILES string of the molecule is CC1CCC[C@H](NC(=O)OC(C)(C)C)C(=O)N2[C@@H]1CC[C@H]2C(=O)O. The fraction of sp³-hybridized carbons (Fsp3) is 0.824. The molecule has 7 heteroatoms. The van der Waals surface area contributed by atoms with Crippen molar-refractivity contribution >= 4 is 18.0 Å². The van der Waals surface area contributed by atoms with Crippen molar-refractivity contribution < 1.29 is 24.2 Å². The van der Waals surface area contributed by atoms with Gasteiger partial charge in [-0.2, -0.15) is 0 Å². The molecule has 7 nitrogen and oxygen atoms in total. The van der Waals surface area contributed by atoms with Crippen molar-refractivity contribution in [1.29, 1.82) is 0 Å². The highest BCUT2D eigenvalue weighted by atomic mass is 16.6. The molecule has 2 amide bonds. The van der Waals surface area contributed by atoms with Gasteiger partial charge in [0.25, 0.3) is 0 Å². The maximum absolute atomic E-state index is 12.9. The van der Waals surface area contributed by atoms with Crippen LogP contribution in [-0.4, -0.2) is 51.7 Å². The second kappa shape index (κ2) is 6.99. The summed E-state index contributed by atoms with van der Waals surface area (Å²) in [6, 6.07) is -1.59. The summed E-state index contributed by atoms with van der Waals surface area (Å²) in [4.78, 5) is 38.0. The molecule has 0 aromatic carbocycles. The van der Waals surface area contributed by atoms with E-state index in [0.717, 1.165) is 12.8 Å². The van der Waals surface area contributed by atoms with Crippen LogP contribution in [0.1, 0.15) is 59.8 Å². The van der Waals surface area contributed by atoms with Gasteiger partial charge < -0.3 is 20.1 Å². The molecule has 0 aromatic rings. The van der Waals surface area contributed by atoms with Crippen molar-refractivity contribution in [2.24, 2.45) is 5.92 Å². The summed E-state index contributed by atoms with van der Waals surface area (Å²) < 4.78 is 5.23. The molecule has 0 bridgehead atoms. The van der Waals surface area contributed by atoms with Crippen molar-refractivity contribution in [3.63, 3.8) is 0 Å². The van der Waals surface area contributed by atoms with Gasteiger partial charge in [0.05, 0.1) is 0 Å². The van der Waals surface area contributed by atoms with Crippen LogP contribution in [0.15, 0.2) is 0 Å². The molecule has 136 valence electrons. The number of nitrogens with one attached hydrogen (secondary N) is 1. The van der Waals surface area contributed by atoms with Gasteiger partial charge in [-0.3, -0.25) is 4.79 Å². The van der Waals surface area contributed by atoms with Gasteiger partial charge in [0, 0.05) is 6.04 Å². The van der Waals surface area contributed by atoms with E-state index < -0.39 is 29.7 Å². The predicted molar refractivity (Wildman–Crippen MR) is 87.5 cm³/mol. The van der Waals surface area contributed by atoms with Crippen LogP contribution in [0.5, 0.6) is 0 Å². The van der Waals surface area contributed by atoms with Crippen LogP contribution in [0.2, 0.25) is 0 Å². The standard InChI is InChI=1S/C17H28N2O5/c1-10-6-5-7-11(18-16(23)24-17(2,3)4)14(20)19-12(10)8-9-13(19)15(21)22/h10-13H,5-9H2,1-4H3,(H,18,23)(H,21,22)/t10?,11-,12+,13-/m0/s1. The number of fused-ring (bicyclic) bond motifs is 1. The molecule has 2 saturated heterocycles. The molecule has 2 aliphatic rings. The van der Waals surface area contributed by atoms with Crippen LogP contribution in [0.3, 0.4) is 0 Å². The molecule has 0 aliphatic carbocycles. The number of aliphatic carboxylic acids is 1. The fourth-order valence-corrected chi connectivity index (χ4v) is 3.68. The number of hydrogen-bond donors (Lipinski definition) is 2. The molecule has 4 atom stereocenters. The highest BCUT2D eigenvalue weighted by Crippen LogP contribution is 2.34. The molecule has 0 aromatic heterocycles. The van der Waals surface area contributed by atoms with E-state index in [-0.39, 0.29) is 17.9 Å². The second-order valence-corrected chi connectivity index (χ2v) is 7.85. The van der Waals surface area contributed by atoms with Crippen molar-refractivity contribution in [2.75, 3.05) is 0 Å². The Hall–Kier alpha value is -1.79. The summed E-state index contributed by atoms with van der Waals surface area (Å²) in [5.74, 6) is -1.02. The van der Waals surface area contributed by atoms with Crippen molar-refractivity contribution in [2.45, 2.75) is 83.5 Å². The first-order chi connectivity index (χ1) is 11.1. The molecule has 2 fully saturated rings. The number of rotatable bonds is 2. The maximum Gasteiger partial charge on any atom is 0.408 e. The third-order valence-electron chi connectivity index (χ3n) is 4.77. The maximum atomic E-state index is 12.9. The zero-order valence-electron chi connectivity index (χ0n) is 14.9. The minimum Gasteiger partial charge on any atom is -0.480 e. The minimum absolute atomic E-state index is 0.0677. The first-order valence-corrected chi connectivity index (χ1v) is 8.64. The number of carbonyl (C=O) groups is 3. The molecule has 0 saturated carbocycles. The number of hydrogen-bond acceptors (Lipinski definition) is 4. The Labute approximate surface area is 142 Å². The van der Waals surface area contributed by atoms with E-state index in [1.807, 2.05) is 0 Å². The summed E-state index contributed by atoms with van der Waals surface area (Å²) in [6.07, 6.45) is 2.75. The predicted octanol–water partition coefficient (Wildman–Crippen LogP) is 2.14. The average molecular weight is 340 g/mol. The monoisotopic (exact) mass is 340 g/mol. The lowest BCUT2D eigenvalue weighted by molar-refractivity contribution is -0.151. The molecule has 0 spiro atoms. The van der Waals surface area contributed by atoms with E-state index in [1.165, 1.54) is 4.90 Å². The zero-order chi connectivity index (χ0) is 18.1. The van der Waals surface area contributed by atoms with E-state index in [1.54, 1.807) is 20.8 Å². The van der Waals surface area contributed by atoms with E-state index in [4.69, 9.17) is 4.74 Å². The van der Waals surface area contributed by atoms with E-state index in [2.05, 4.69) is 12.2 Å². The Bertz CT molecular complexity index is 514. The minimum atomic E-state index is -0.977. The number of carboxylic acid groups (broad SMARTS) is 1. The summed E-state index contributed by atoms with van der Waals surface area (Å²) in [6.45, 7) is 7.33. The van der Waals surface area contributed by atoms with Crippen LogP contribution in [0.25, 0.3) is 0 Å². The lowest BCUT2D eigenvalue weighted by atomic mass is 9.90. The molecule has 2 heterocycles. The van der Waals surface area contributed by atoms with Gasteiger partial charge in [-0.05, 0) is 52.4 Å². The lowest BCUT2D eigenvalue weighted by Gasteiger charge is -2.37. The van der Waals surface area contributed by atoms with Gasteiger partial charge in [0.2, 0.25) is 5.91 Å². The number of carbonyl (C=O) groups excluding carboxylic acids is 2. The number of ether oxygens (including phenoxy) is 1. The second-order valence-electron chi connectivity index (χ2n) is 7.85. The highest BCUT2D eigenvalue weighted by molar-refractivity contribution is 5.90. The van der Waals surface area contributed by atoms with E-state index in [0.29, 0.717) is 19.3 Å². The Morgan fingerprint density at radius 2 is 1.88 bits per heavy atom. The van der Waals surface area contributed by atoms with Gasteiger partial charge in [-0.15, -0.1) is 0 Å². The summed E-state index contributed by atoms with van der Waals surface area (Å²) >= 11 is 0. The van der Waals surface area contributed by atoms with Crippen molar-refractivity contribution in [1.82, 2.24) is 10.2 Å². The number of amides is 2. The Balaban J connectivity index is 2.16. The first-order valence-electron chi connectivity index (χ1n) is 8.64. The average Bonchev–Trinajstić information content (AvgIpc) is 2.86.